The van der Waals surface area contributed by atoms with E-state index in [-0.39, 0.29) is 11.3 Å². The van der Waals surface area contributed by atoms with Gasteiger partial charge >= 0.3 is 5.97 Å². The Morgan fingerprint density at radius 1 is 1.43 bits per heavy atom. The number of ketones is 1. The van der Waals surface area contributed by atoms with Crippen molar-refractivity contribution in [3.63, 3.8) is 0 Å². The monoisotopic (exact) mass is 256 g/mol. The minimum absolute atomic E-state index is 0.0498. The van der Waals surface area contributed by atoms with Crippen molar-refractivity contribution in [1.29, 1.82) is 0 Å². The van der Waals surface area contributed by atoms with Crippen LogP contribution >= 0.6 is 15.9 Å². The van der Waals surface area contributed by atoms with E-state index in [1.807, 2.05) is 0 Å². The predicted octanol–water partition coefficient (Wildman–Crippen LogP) is 2.28. The highest BCUT2D eigenvalue weighted by Crippen LogP contribution is 2.19. The number of hydrogen-bond donors (Lipinski definition) is 1. The molecule has 14 heavy (non-hydrogen) atoms. The van der Waals surface area contributed by atoms with Crippen LogP contribution in [0.2, 0.25) is 0 Å². The lowest BCUT2D eigenvalue weighted by atomic mass is 10.1. The van der Waals surface area contributed by atoms with E-state index in [9.17, 15) is 9.59 Å². The Labute approximate surface area is 89.9 Å². The standard InChI is InChI=1S/C10H9BrO3/c1-6(12)4-7-2-3-8(10(13)14)5-9(7)11/h2-3,5H,4H2,1H3,(H,13,14). The molecule has 0 aromatic heterocycles. The average molecular weight is 257 g/mol. The summed E-state index contributed by atoms with van der Waals surface area (Å²) in [5.41, 5.74) is 1.02. The van der Waals surface area contributed by atoms with E-state index in [0.29, 0.717) is 10.9 Å². The van der Waals surface area contributed by atoms with E-state index in [1.165, 1.54) is 19.1 Å². The van der Waals surface area contributed by atoms with Crippen molar-refractivity contribution in [2.45, 2.75) is 13.3 Å². The fourth-order valence-electron chi connectivity index (χ4n) is 1.09. The lowest BCUT2D eigenvalue weighted by molar-refractivity contribution is -0.116. The third-order valence-corrected chi connectivity index (χ3v) is 2.48. The first-order valence-electron chi connectivity index (χ1n) is 4.02. The summed E-state index contributed by atoms with van der Waals surface area (Å²) in [5.74, 6) is -0.922. The van der Waals surface area contributed by atoms with E-state index in [0.717, 1.165) is 5.56 Å². The molecule has 1 N–H and O–H groups in total. The van der Waals surface area contributed by atoms with Crippen LogP contribution in [0, 0.1) is 0 Å². The van der Waals surface area contributed by atoms with Crippen molar-refractivity contribution < 1.29 is 14.7 Å². The molecule has 0 unspecified atom stereocenters. The summed E-state index contributed by atoms with van der Waals surface area (Å²) in [6, 6.07) is 4.64. The first kappa shape index (κ1) is 10.9. The smallest absolute Gasteiger partial charge is 0.335 e. The largest absolute Gasteiger partial charge is 0.478 e. The van der Waals surface area contributed by atoms with Crippen molar-refractivity contribution in [3.05, 3.63) is 33.8 Å². The molecule has 0 amide bonds. The van der Waals surface area contributed by atoms with Crippen LogP contribution in [0.25, 0.3) is 0 Å². The van der Waals surface area contributed by atoms with Gasteiger partial charge in [0.25, 0.3) is 0 Å². The molecule has 0 aliphatic rings. The number of halogens is 1. The summed E-state index contributed by atoms with van der Waals surface area (Å²) in [4.78, 5) is 21.4. The fraction of sp³-hybridized carbons (Fsp3) is 0.200. The molecule has 0 aliphatic heterocycles. The van der Waals surface area contributed by atoms with Gasteiger partial charge in [-0.15, -0.1) is 0 Å². The molecule has 0 radical (unpaired) electrons. The number of rotatable bonds is 3. The van der Waals surface area contributed by atoms with Gasteiger partial charge in [-0.05, 0) is 24.6 Å². The number of aromatic carboxylic acids is 1. The van der Waals surface area contributed by atoms with E-state index in [4.69, 9.17) is 5.11 Å². The number of benzene rings is 1. The second-order valence-electron chi connectivity index (χ2n) is 2.99. The third kappa shape index (κ3) is 2.67. The summed E-state index contributed by atoms with van der Waals surface area (Å²) >= 11 is 3.23. The van der Waals surface area contributed by atoms with Crippen molar-refractivity contribution in [2.24, 2.45) is 0 Å². The summed E-state index contributed by atoms with van der Waals surface area (Å²) in [5, 5.41) is 8.69. The maximum atomic E-state index is 10.8. The maximum absolute atomic E-state index is 10.8. The van der Waals surface area contributed by atoms with E-state index in [1.54, 1.807) is 6.07 Å². The van der Waals surface area contributed by atoms with Crippen molar-refractivity contribution >= 4 is 27.7 Å². The molecule has 0 bridgehead atoms. The highest BCUT2D eigenvalue weighted by Gasteiger charge is 2.07. The molecule has 0 spiro atoms. The molecule has 3 nitrogen and oxygen atoms in total. The Morgan fingerprint density at radius 2 is 2.07 bits per heavy atom. The fourth-order valence-corrected chi connectivity index (χ4v) is 1.61. The molecule has 1 rings (SSSR count). The van der Waals surface area contributed by atoms with Gasteiger partial charge in [0.15, 0.2) is 0 Å². The predicted molar refractivity (Wildman–Crippen MR) is 55.5 cm³/mol. The number of hydrogen-bond acceptors (Lipinski definition) is 2. The van der Waals surface area contributed by atoms with E-state index in [2.05, 4.69) is 15.9 Å². The molecule has 1 aromatic rings. The number of carboxylic acids is 1. The first-order chi connectivity index (χ1) is 6.50. The van der Waals surface area contributed by atoms with Gasteiger partial charge in [-0.1, -0.05) is 22.0 Å². The lowest BCUT2D eigenvalue weighted by Crippen LogP contribution is -2.00. The average Bonchev–Trinajstić information content (AvgIpc) is 2.07. The number of carbonyl (C=O) groups is 2. The van der Waals surface area contributed by atoms with Crippen LogP contribution in [-0.4, -0.2) is 16.9 Å². The van der Waals surface area contributed by atoms with Gasteiger partial charge in [0.05, 0.1) is 5.56 Å². The Hall–Kier alpha value is -1.16. The van der Waals surface area contributed by atoms with Crippen LogP contribution in [0.15, 0.2) is 22.7 Å². The van der Waals surface area contributed by atoms with Crippen LogP contribution < -0.4 is 0 Å². The van der Waals surface area contributed by atoms with Gasteiger partial charge in [0.1, 0.15) is 5.78 Å². The van der Waals surface area contributed by atoms with Crippen molar-refractivity contribution in [3.8, 4) is 0 Å². The minimum Gasteiger partial charge on any atom is -0.478 e. The summed E-state index contributed by atoms with van der Waals surface area (Å²) in [6.07, 6.45) is 0.320. The molecule has 0 atom stereocenters. The van der Waals surface area contributed by atoms with E-state index >= 15 is 0 Å². The topological polar surface area (TPSA) is 54.4 Å². The van der Waals surface area contributed by atoms with Gasteiger partial charge in [-0.25, -0.2) is 4.79 Å². The normalized spacial score (nSPS) is 9.86. The number of carboxylic acid groups (broad SMARTS) is 1. The van der Waals surface area contributed by atoms with Gasteiger partial charge < -0.3 is 5.11 Å². The lowest BCUT2D eigenvalue weighted by Gasteiger charge is -2.02. The van der Waals surface area contributed by atoms with Crippen molar-refractivity contribution in [2.75, 3.05) is 0 Å². The van der Waals surface area contributed by atoms with Crippen LogP contribution in [0.1, 0.15) is 22.8 Å². The zero-order valence-corrected chi connectivity index (χ0v) is 9.17. The highest BCUT2D eigenvalue weighted by atomic mass is 79.9. The SMILES string of the molecule is CC(=O)Cc1ccc(C(=O)O)cc1Br. The summed E-state index contributed by atoms with van der Waals surface area (Å²) in [6.45, 7) is 1.50. The quantitative estimate of drug-likeness (QED) is 0.903. The Kier molecular flexibility index (Phi) is 3.41. The molecule has 74 valence electrons. The molecular formula is C10H9BrO3. The van der Waals surface area contributed by atoms with Crippen LogP contribution in [0.3, 0.4) is 0 Å². The molecular weight excluding hydrogens is 248 g/mol. The maximum Gasteiger partial charge on any atom is 0.335 e. The van der Waals surface area contributed by atoms with Gasteiger partial charge in [-0.3, -0.25) is 4.79 Å². The number of carbonyl (C=O) groups excluding carboxylic acids is 1. The molecule has 1 aromatic carbocycles. The highest BCUT2D eigenvalue weighted by molar-refractivity contribution is 9.10. The van der Waals surface area contributed by atoms with Crippen LogP contribution in [-0.2, 0) is 11.2 Å². The molecule has 0 fully saturated rings. The third-order valence-electron chi connectivity index (χ3n) is 1.74. The minimum atomic E-state index is -0.972. The molecule has 0 saturated carbocycles. The Morgan fingerprint density at radius 3 is 2.50 bits per heavy atom. The second kappa shape index (κ2) is 4.37. The van der Waals surface area contributed by atoms with Gasteiger partial charge in [-0.2, -0.15) is 0 Å². The molecule has 0 aliphatic carbocycles. The van der Waals surface area contributed by atoms with Crippen molar-refractivity contribution in [1.82, 2.24) is 0 Å². The van der Waals surface area contributed by atoms with Gasteiger partial charge in [0.2, 0.25) is 0 Å². The Bertz CT molecular complexity index is 385. The second-order valence-corrected chi connectivity index (χ2v) is 3.84. The van der Waals surface area contributed by atoms with Crippen LogP contribution in [0.4, 0.5) is 0 Å². The van der Waals surface area contributed by atoms with Crippen LogP contribution in [0.5, 0.6) is 0 Å². The zero-order chi connectivity index (χ0) is 10.7. The van der Waals surface area contributed by atoms with E-state index < -0.39 is 5.97 Å². The number of Topliss-reactive ketones (excluding diaryl/α,β-unsaturated/α-hetero) is 1. The summed E-state index contributed by atoms with van der Waals surface area (Å²) < 4.78 is 0.660. The van der Waals surface area contributed by atoms with Gasteiger partial charge in [0, 0.05) is 10.9 Å². The first-order valence-corrected chi connectivity index (χ1v) is 4.81. The molecule has 0 heterocycles. The molecule has 4 heteroatoms. The molecule has 0 saturated heterocycles. The Balaban J connectivity index is 3.01. The zero-order valence-electron chi connectivity index (χ0n) is 7.58. The summed E-state index contributed by atoms with van der Waals surface area (Å²) in [7, 11) is 0.